The van der Waals surface area contributed by atoms with Gasteiger partial charge in [-0.25, -0.2) is 14.3 Å². The van der Waals surface area contributed by atoms with E-state index in [9.17, 15) is 24.3 Å². The van der Waals surface area contributed by atoms with Crippen molar-refractivity contribution in [2.24, 2.45) is 0 Å². The van der Waals surface area contributed by atoms with Crippen molar-refractivity contribution in [2.75, 3.05) is 11.9 Å². The largest absolute Gasteiger partial charge is 0.465 e. The predicted molar refractivity (Wildman–Crippen MR) is 198 cm³/mol. The lowest BCUT2D eigenvalue weighted by Gasteiger charge is -2.37. The second-order valence-corrected chi connectivity index (χ2v) is 13.9. The number of amides is 4. The molecule has 0 saturated heterocycles. The normalized spacial score (nSPS) is 13.0. The van der Waals surface area contributed by atoms with Crippen molar-refractivity contribution < 1.29 is 19.5 Å². The fourth-order valence-electron chi connectivity index (χ4n) is 6.55. The summed E-state index contributed by atoms with van der Waals surface area (Å²) >= 11 is 0. The lowest BCUT2D eigenvalue weighted by atomic mass is 10.00. The summed E-state index contributed by atoms with van der Waals surface area (Å²) in [6.07, 6.45) is 5.14. The van der Waals surface area contributed by atoms with Gasteiger partial charge in [0.25, 0.3) is 5.56 Å². The summed E-state index contributed by atoms with van der Waals surface area (Å²) in [5, 5.41) is 21.0. The van der Waals surface area contributed by atoms with Crippen LogP contribution in [0.25, 0.3) is 33.3 Å². The molecule has 5 aromatic rings. The van der Waals surface area contributed by atoms with E-state index in [4.69, 9.17) is 5.10 Å². The third-order valence-electron chi connectivity index (χ3n) is 9.15. The van der Waals surface area contributed by atoms with Gasteiger partial charge in [-0.1, -0.05) is 30.3 Å². The van der Waals surface area contributed by atoms with Crippen LogP contribution in [0.3, 0.4) is 0 Å². The summed E-state index contributed by atoms with van der Waals surface area (Å²) < 4.78 is 1.45. The van der Waals surface area contributed by atoms with Gasteiger partial charge in [-0.05, 0) is 93.6 Å². The molecule has 0 aliphatic carbocycles. The van der Waals surface area contributed by atoms with Crippen LogP contribution in [-0.4, -0.2) is 70.8 Å². The van der Waals surface area contributed by atoms with E-state index in [1.807, 2.05) is 60.7 Å². The van der Waals surface area contributed by atoms with Crippen molar-refractivity contribution in [2.45, 2.75) is 71.8 Å². The Labute approximate surface area is 301 Å². The van der Waals surface area contributed by atoms with Crippen LogP contribution in [0.5, 0.6) is 0 Å². The maximum atomic E-state index is 14.0. The van der Waals surface area contributed by atoms with Crippen molar-refractivity contribution in [3.63, 3.8) is 0 Å². The standard InChI is InChI=1S/C39H42N8O5/c1-25(47(38(51)52)39(2,3)4)35(48)42-17-5-6-20-46-36(49)32(30-9-7-11-33-31(30)10-8-18-41-33)21-34(44-46)26-12-14-29(15-13-26)43-37(50)45-23-27-16-19-40-22-28(27)24-45/h7-16,18-19,21-22,25H,5-6,17,20,23-24H2,1-4H3,(H,42,48)(H,43,50)(H,51,52)/t25-/m0/s1. The number of aryl methyl sites for hydroxylation is 1. The highest BCUT2D eigenvalue weighted by Crippen LogP contribution is 2.29. The molecule has 4 heterocycles. The predicted octanol–water partition coefficient (Wildman–Crippen LogP) is 6.13. The van der Waals surface area contributed by atoms with E-state index in [0.29, 0.717) is 56.0 Å². The summed E-state index contributed by atoms with van der Waals surface area (Å²) in [4.78, 5) is 63.1. The number of aromatic nitrogens is 4. The molecule has 0 radical (unpaired) electrons. The van der Waals surface area contributed by atoms with Gasteiger partial charge in [0, 0.05) is 66.9 Å². The molecule has 52 heavy (non-hydrogen) atoms. The van der Waals surface area contributed by atoms with Gasteiger partial charge in [0.1, 0.15) is 6.04 Å². The number of carbonyl (C=O) groups excluding carboxylic acids is 2. The van der Waals surface area contributed by atoms with Gasteiger partial charge < -0.3 is 20.6 Å². The van der Waals surface area contributed by atoms with Crippen LogP contribution in [-0.2, 0) is 24.4 Å². The van der Waals surface area contributed by atoms with Gasteiger partial charge >= 0.3 is 12.1 Å². The van der Waals surface area contributed by atoms with Crippen LogP contribution >= 0.6 is 0 Å². The van der Waals surface area contributed by atoms with Crippen LogP contribution in [0.2, 0.25) is 0 Å². The molecule has 13 heteroatoms. The highest BCUT2D eigenvalue weighted by atomic mass is 16.4. The number of rotatable bonds is 10. The molecule has 0 saturated carbocycles. The average Bonchev–Trinajstić information content (AvgIpc) is 3.56. The van der Waals surface area contributed by atoms with Gasteiger partial charge in [0.05, 0.1) is 16.8 Å². The molecule has 0 unspecified atom stereocenters. The second kappa shape index (κ2) is 15.0. The Morgan fingerprint density at radius 3 is 2.44 bits per heavy atom. The van der Waals surface area contributed by atoms with E-state index in [-0.39, 0.29) is 17.5 Å². The first-order chi connectivity index (χ1) is 24.9. The van der Waals surface area contributed by atoms with Gasteiger partial charge in [-0.2, -0.15) is 5.10 Å². The van der Waals surface area contributed by atoms with Gasteiger partial charge in [-0.15, -0.1) is 0 Å². The lowest BCUT2D eigenvalue weighted by molar-refractivity contribution is -0.126. The molecule has 4 amide bonds. The highest BCUT2D eigenvalue weighted by molar-refractivity contribution is 5.95. The molecular formula is C39H42N8O5. The van der Waals surface area contributed by atoms with E-state index in [1.54, 1.807) is 57.3 Å². The van der Waals surface area contributed by atoms with Crippen molar-refractivity contribution in [3.8, 4) is 22.4 Å². The van der Waals surface area contributed by atoms with Crippen molar-refractivity contribution >= 4 is 34.6 Å². The lowest BCUT2D eigenvalue weighted by Crippen LogP contribution is -2.55. The number of hydrogen-bond acceptors (Lipinski definition) is 7. The van der Waals surface area contributed by atoms with Crippen molar-refractivity contribution in [1.29, 1.82) is 0 Å². The van der Waals surface area contributed by atoms with Crippen LogP contribution in [0.15, 0.2) is 90.1 Å². The topological polar surface area (TPSA) is 163 Å². The number of carboxylic acid groups (broad SMARTS) is 1. The molecule has 2 aromatic carbocycles. The number of fused-ring (bicyclic) bond motifs is 2. The minimum absolute atomic E-state index is 0.207. The zero-order chi connectivity index (χ0) is 37.0. The SMILES string of the molecule is C[C@@H](C(=O)NCCCCn1nc(-c2ccc(NC(=O)N3Cc4ccncc4C3)cc2)cc(-c2cccc3ncccc23)c1=O)N(C(=O)O)C(C)(C)C. The van der Waals surface area contributed by atoms with Gasteiger partial charge in [-0.3, -0.25) is 24.5 Å². The molecule has 1 aliphatic heterocycles. The third-order valence-corrected chi connectivity index (χ3v) is 9.15. The van der Waals surface area contributed by atoms with Gasteiger partial charge in [0.2, 0.25) is 5.91 Å². The highest BCUT2D eigenvalue weighted by Gasteiger charge is 2.34. The summed E-state index contributed by atoms with van der Waals surface area (Å²) in [5.74, 6) is -0.385. The number of unbranched alkanes of at least 4 members (excludes halogenated alkanes) is 1. The number of carbonyl (C=O) groups is 3. The first-order valence-electron chi connectivity index (χ1n) is 17.2. The van der Waals surface area contributed by atoms with Crippen LogP contribution < -0.4 is 16.2 Å². The molecule has 268 valence electrons. The van der Waals surface area contributed by atoms with Crippen molar-refractivity contribution in [3.05, 3.63) is 107 Å². The van der Waals surface area contributed by atoms with Crippen LogP contribution in [0, 0.1) is 0 Å². The Morgan fingerprint density at radius 2 is 1.71 bits per heavy atom. The van der Waals surface area contributed by atoms with E-state index in [1.165, 1.54) is 4.68 Å². The van der Waals surface area contributed by atoms with E-state index >= 15 is 0 Å². The Hall–Kier alpha value is -6.11. The number of pyridine rings is 2. The monoisotopic (exact) mass is 702 g/mol. The minimum atomic E-state index is -1.16. The Balaban J connectivity index is 1.19. The molecule has 3 N–H and O–H groups in total. The summed E-state index contributed by atoms with van der Waals surface area (Å²) in [7, 11) is 0. The molecule has 0 spiro atoms. The summed E-state index contributed by atoms with van der Waals surface area (Å²) in [5.41, 5.74) is 5.06. The van der Waals surface area contributed by atoms with E-state index in [2.05, 4.69) is 20.6 Å². The van der Waals surface area contributed by atoms with Crippen LogP contribution in [0.4, 0.5) is 15.3 Å². The van der Waals surface area contributed by atoms with E-state index < -0.39 is 17.7 Å². The molecular weight excluding hydrogens is 660 g/mol. The first kappa shape index (κ1) is 35.7. The number of nitrogens with zero attached hydrogens (tertiary/aromatic N) is 6. The van der Waals surface area contributed by atoms with Crippen LogP contribution in [0.1, 0.15) is 51.7 Å². The van der Waals surface area contributed by atoms with E-state index in [0.717, 1.165) is 38.1 Å². The average molecular weight is 703 g/mol. The smallest absolute Gasteiger partial charge is 0.408 e. The molecule has 0 fully saturated rings. The molecule has 3 aromatic heterocycles. The third kappa shape index (κ3) is 7.78. The number of nitrogens with one attached hydrogen (secondary N) is 2. The summed E-state index contributed by atoms with van der Waals surface area (Å²) in [6, 6.07) is 19.4. The molecule has 1 atom stereocenters. The van der Waals surface area contributed by atoms with Crippen molar-refractivity contribution in [1.82, 2.24) is 34.9 Å². The Morgan fingerprint density at radius 1 is 0.942 bits per heavy atom. The fraction of sp³-hybridized carbons (Fsp3) is 0.308. The number of hydrogen-bond donors (Lipinski definition) is 3. The minimum Gasteiger partial charge on any atom is -0.465 e. The number of benzene rings is 2. The molecule has 0 bridgehead atoms. The van der Waals surface area contributed by atoms with Gasteiger partial charge in [0.15, 0.2) is 0 Å². The zero-order valence-corrected chi connectivity index (χ0v) is 29.7. The maximum absolute atomic E-state index is 14.0. The maximum Gasteiger partial charge on any atom is 0.408 e. The fourth-order valence-corrected chi connectivity index (χ4v) is 6.55. The zero-order valence-electron chi connectivity index (χ0n) is 29.7. The molecule has 1 aliphatic rings. The Kier molecular flexibility index (Phi) is 10.3. The summed E-state index contributed by atoms with van der Waals surface area (Å²) in [6.45, 7) is 8.41. The first-order valence-corrected chi connectivity index (χ1v) is 17.2. The quantitative estimate of drug-likeness (QED) is 0.146. The number of urea groups is 1. The number of anilines is 1. The molecule has 6 rings (SSSR count). The molecule has 13 nitrogen and oxygen atoms in total. The second-order valence-electron chi connectivity index (χ2n) is 13.9. The Bertz CT molecular complexity index is 2150.